The Bertz CT molecular complexity index is 437. The first-order valence-electron chi connectivity index (χ1n) is 8.45. The molecule has 112 valence electrons. The summed E-state index contributed by atoms with van der Waals surface area (Å²) in [6.07, 6.45) is 14.5. The van der Waals surface area contributed by atoms with Crippen LogP contribution in [0, 0.1) is 12.3 Å². The van der Waals surface area contributed by atoms with Crippen molar-refractivity contribution in [3.8, 4) is 0 Å². The molecule has 2 aliphatic carbocycles. The number of hydrogen-bond acceptors (Lipinski definition) is 2. The fourth-order valence-electron chi connectivity index (χ4n) is 4.01. The minimum absolute atomic E-state index is 0.482. The molecule has 0 saturated heterocycles. The number of rotatable bonds is 4. The van der Waals surface area contributed by atoms with Crippen LogP contribution in [0.5, 0.6) is 0 Å². The zero-order valence-corrected chi connectivity index (χ0v) is 13.1. The molecule has 2 fully saturated rings. The Kier molecular flexibility index (Phi) is 4.04. The lowest BCUT2D eigenvalue weighted by Gasteiger charge is -2.27. The van der Waals surface area contributed by atoms with Crippen molar-refractivity contribution >= 4 is 5.95 Å². The first kappa shape index (κ1) is 14.0. The Hall–Kier alpha value is -0.990. The van der Waals surface area contributed by atoms with Gasteiger partial charge in [-0.25, -0.2) is 4.98 Å². The number of nitrogens with zero attached hydrogens (tertiary/aromatic N) is 2. The predicted octanol–water partition coefficient (Wildman–Crippen LogP) is 4.52. The van der Waals surface area contributed by atoms with E-state index in [-0.39, 0.29) is 0 Å². The Morgan fingerprint density at radius 1 is 1.20 bits per heavy atom. The Morgan fingerprint density at radius 3 is 2.60 bits per heavy atom. The zero-order chi connectivity index (χ0) is 14.0. The predicted molar refractivity (Wildman–Crippen MR) is 84.0 cm³/mol. The summed E-state index contributed by atoms with van der Waals surface area (Å²) >= 11 is 0. The second-order valence-electron chi connectivity index (χ2n) is 7.33. The highest BCUT2D eigenvalue weighted by molar-refractivity contribution is 5.30. The lowest BCUT2D eigenvalue weighted by atomic mass is 9.89. The molecule has 3 nitrogen and oxygen atoms in total. The number of aryl methyl sites for hydroxylation is 1. The van der Waals surface area contributed by atoms with Crippen LogP contribution < -0.4 is 5.32 Å². The quantitative estimate of drug-likeness (QED) is 0.875. The molecule has 3 rings (SSSR count). The van der Waals surface area contributed by atoms with E-state index in [0.29, 0.717) is 11.5 Å². The molecule has 20 heavy (non-hydrogen) atoms. The number of hydrogen-bond donors (Lipinski definition) is 1. The van der Waals surface area contributed by atoms with E-state index in [4.69, 9.17) is 4.98 Å². The minimum Gasteiger partial charge on any atom is -0.353 e. The third-order valence-electron chi connectivity index (χ3n) is 5.20. The molecule has 0 unspecified atom stereocenters. The molecule has 0 spiro atoms. The molecular weight excluding hydrogens is 246 g/mol. The largest absolute Gasteiger partial charge is 0.353 e. The van der Waals surface area contributed by atoms with Crippen molar-refractivity contribution in [2.75, 3.05) is 5.32 Å². The molecule has 0 aliphatic heterocycles. The summed E-state index contributed by atoms with van der Waals surface area (Å²) in [5, 5.41) is 3.71. The van der Waals surface area contributed by atoms with Crippen molar-refractivity contribution < 1.29 is 0 Å². The highest BCUT2D eigenvalue weighted by atomic mass is 15.2. The summed E-state index contributed by atoms with van der Waals surface area (Å²) in [4.78, 5) is 4.73. The number of anilines is 1. The summed E-state index contributed by atoms with van der Waals surface area (Å²) in [6, 6.07) is 0.640. The maximum atomic E-state index is 4.73. The fourth-order valence-corrected chi connectivity index (χ4v) is 4.01. The second-order valence-corrected chi connectivity index (χ2v) is 7.33. The van der Waals surface area contributed by atoms with Crippen LogP contribution in [0.15, 0.2) is 6.20 Å². The SMILES string of the molecule is Cc1cn(CC2(C)CCCC2)c(NC2CCCCC2)n1. The lowest BCUT2D eigenvalue weighted by molar-refractivity contribution is 0.282. The molecule has 2 saturated carbocycles. The van der Waals surface area contributed by atoms with Gasteiger partial charge in [0, 0.05) is 18.8 Å². The van der Waals surface area contributed by atoms with Crippen LogP contribution >= 0.6 is 0 Å². The van der Waals surface area contributed by atoms with E-state index in [1.165, 1.54) is 57.8 Å². The van der Waals surface area contributed by atoms with Crippen molar-refractivity contribution in [3.63, 3.8) is 0 Å². The van der Waals surface area contributed by atoms with Crippen LogP contribution in [0.1, 0.15) is 70.4 Å². The van der Waals surface area contributed by atoms with Gasteiger partial charge in [0.2, 0.25) is 5.95 Å². The highest BCUT2D eigenvalue weighted by Crippen LogP contribution is 2.39. The van der Waals surface area contributed by atoms with Gasteiger partial charge in [0.15, 0.2) is 0 Å². The molecular formula is C17H29N3. The summed E-state index contributed by atoms with van der Waals surface area (Å²) in [6.45, 7) is 5.68. The van der Waals surface area contributed by atoms with Crippen molar-refractivity contribution in [1.82, 2.24) is 9.55 Å². The molecule has 2 aliphatic rings. The third-order valence-corrected chi connectivity index (χ3v) is 5.20. The van der Waals surface area contributed by atoms with Gasteiger partial charge in [-0.1, -0.05) is 39.0 Å². The molecule has 0 bridgehead atoms. The summed E-state index contributed by atoms with van der Waals surface area (Å²) in [7, 11) is 0. The van der Waals surface area contributed by atoms with E-state index >= 15 is 0 Å². The minimum atomic E-state index is 0.482. The Labute approximate surface area is 123 Å². The normalized spacial score (nSPS) is 23.1. The van der Waals surface area contributed by atoms with Crippen LogP contribution in [0.2, 0.25) is 0 Å². The maximum Gasteiger partial charge on any atom is 0.203 e. The molecule has 0 amide bonds. The van der Waals surface area contributed by atoms with Crippen molar-refractivity contribution in [2.45, 2.75) is 84.2 Å². The van der Waals surface area contributed by atoms with Crippen LogP contribution in [-0.2, 0) is 6.54 Å². The Balaban J connectivity index is 1.70. The average Bonchev–Trinajstić information content (AvgIpc) is 2.98. The maximum absolute atomic E-state index is 4.73. The molecule has 1 N–H and O–H groups in total. The summed E-state index contributed by atoms with van der Waals surface area (Å²) in [5.41, 5.74) is 1.63. The topological polar surface area (TPSA) is 29.9 Å². The zero-order valence-electron chi connectivity index (χ0n) is 13.1. The molecule has 0 aromatic carbocycles. The Morgan fingerprint density at radius 2 is 1.90 bits per heavy atom. The van der Waals surface area contributed by atoms with Gasteiger partial charge in [0.1, 0.15) is 0 Å². The van der Waals surface area contributed by atoms with Crippen molar-refractivity contribution in [1.29, 1.82) is 0 Å². The van der Waals surface area contributed by atoms with Crippen molar-refractivity contribution in [3.05, 3.63) is 11.9 Å². The van der Waals surface area contributed by atoms with Gasteiger partial charge in [-0.05, 0) is 38.0 Å². The fraction of sp³-hybridized carbons (Fsp3) is 0.824. The van der Waals surface area contributed by atoms with Gasteiger partial charge >= 0.3 is 0 Å². The summed E-state index contributed by atoms with van der Waals surface area (Å²) < 4.78 is 2.38. The number of nitrogens with one attached hydrogen (secondary N) is 1. The monoisotopic (exact) mass is 275 g/mol. The highest BCUT2D eigenvalue weighted by Gasteiger charge is 2.30. The molecule has 0 radical (unpaired) electrons. The molecule has 1 aromatic rings. The van der Waals surface area contributed by atoms with Crippen LogP contribution in [0.4, 0.5) is 5.95 Å². The molecule has 1 heterocycles. The smallest absolute Gasteiger partial charge is 0.203 e. The van der Waals surface area contributed by atoms with E-state index in [2.05, 4.69) is 29.9 Å². The van der Waals surface area contributed by atoms with E-state index < -0.39 is 0 Å². The first-order valence-corrected chi connectivity index (χ1v) is 8.45. The van der Waals surface area contributed by atoms with Gasteiger partial charge < -0.3 is 9.88 Å². The van der Waals surface area contributed by atoms with Gasteiger partial charge in [-0.3, -0.25) is 0 Å². The van der Waals surface area contributed by atoms with Gasteiger partial charge in [0.05, 0.1) is 5.69 Å². The van der Waals surface area contributed by atoms with Gasteiger partial charge in [0.25, 0.3) is 0 Å². The van der Waals surface area contributed by atoms with Gasteiger partial charge in [-0.2, -0.15) is 0 Å². The average molecular weight is 275 g/mol. The number of imidazole rings is 1. The number of aromatic nitrogens is 2. The van der Waals surface area contributed by atoms with Gasteiger partial charge in [-0.15, -0.1) is 0 Å². The standard InChI is InChI=1S/C17H29N3/c1-14-12-20(13-17(2)10-6-7-11-17)16(18-14)19-15-8-4-3-5-9-15/h12,15H,3-11,13H2,1-2H3,(H,18,19). The molecule has 3 heteroatoms. The second kappa shape index (κ2) is 5.79. The van der Waals surface area contributed by atoms with E-state index in [1.807, 2.05) is 0 Å². The first-order chi connectivity index (χ1) is 9.65. The van der Waals surface area contributed by atoms with Crippen molar-refractivity contribution in [2.24, 2.45) is 5.41 Å². The summed E-state index contributed by atoms with van der Waals surface area (Å²) in [5.74, 6) is 1.11. The van der Waals surface area contributed by atoms with Crippen LogP contribution in [-0.4, -0.2) is 15.6 Å². The van der Waals surface area contributed by atoms with Crippen LogP contribution in [0.25, 0.3) is 0 Å². The van der Waals surface area contributed by atoms with E-state index in [9.17, 15) is 0 Å². The lowest BCUT2D eigenvalue weighted by Crippen LogP contribution is -2.26. The van der Waals surface area contributed by atoms with E-state index in [0.717, 1.165) is 18.2 Å². The molecule has 1 aromatic heterocycles. The van der Waals surface area contributed by atoms with E-state index in [1.54, 1.807) is 0 Å². The third kappa shape index (κ3) is 3.18. The molecule has 0 atom stereocenters. The van der Waals surface area contributed by atoms with Crippen LogP contribution in [0.3, 0.4) is 0 Å².